The summed E-state index contributed by atoms with van der Waals surface area (Å²) >= 11 is 0. The molecule has 6 heteroatoms. The minimum atomic E-state index is -1.06. The van der Waals surface area contributed by atoms with Crippen LogP contribution >= 0.6 is 0 Å². The van der Waals surface area contributed by atoms with Crippen molar-refractivity contribution in [3.8, 4) is 5.75 Å². The zero-order valence-corrected chi connectivity index (χ0v) is 9.91. The molecule has 0 amide bonds. The molecule has 0 fully saturated rings. The van der Waals surface area contributed by atoms with Crippen LogP contribution in [0.25, 0.3) is 0 Å². The van der Waals surface area contributed by atoms with Gasteiger partial charge in [0.1, 0.15) is 6.61 Å². The van der Waals surface area contributed by atoms with Gasteiger partial charge in [-0.05, 0) is 13.0 Å². The zero-order chi connectivity index (χ0) is 13.0. The maximum Gasteiger partial charge on any atom is 0.354 e. The van der Waals surface area contributed by atoms with E-state index in [-0.39, 0.29) is 12.3 Å². The highest BCUT2D eigenvalue weighted by Gasteiger charge is 2.11. The Labute approximate surface area is 104 Å². The topological polar surface area (TPSA) is 77.2 Å². The molecule has 0 saturated carbocycles. The molecular formula is C12H13N3O3. The van der Waals surface area contributed by atoms with Gasteiger partial charge in [-0.25, -0.2) is 9.78 Å². The third-order valence-corrected chi connectivity index (χ3v) is 2.42. The molecule has 1 N–H and O–H groups in total. The molecule has 0 aromatic carbocycles. The highest BCUT2D eigenvalue weighted by Crippen LogP contribution is 2.13. The molecule has 2 rings (SSSR count). The van der Waals surface area contributed by atoms with Crippen molar-refractivity contribution in [1.29, 1.82) is 0 Å². The molecule has 0 spiro atoms. The molecule has 0 aliphatic rings. The molecular weight excluding hydrogens is 234 g/mol. The summed E-state index contributed by atoms with van der Waals surface area (Å²) in [6.45, 7) is 2.89. The Bertz CT molecular complexity index is 551. The molecule has 2 aromatic heterocycles. The van der Waals surface area contributed by atoms with Gasteiger partial charge in [-0.15, -0.1) is 0 Å². The van der Waals surface area contributed by atoms with Crippen molar-refractivity contribution in [2.24, 2.45) is 0 Å². The Hall–Kier alpha value is -2.37. The van der Waals surface area contributed by atoms with Crippen LogP contribution in [0.1, 0.15) is 23.0 Å². The van der Waals surface area contributed by atoms with Crippen molar-refractivity contribution in [2.45, 2.75) is 20.1 Å². The first-order valence-electron chi connectivity index (χ1n) is 5.53. The second kappa shape index (κ2) is 5.31. The van der Waals surface area contributed by atoms with E-state index in [1.807, 2.05) is 6.92 Å². The van der Waals surface area contributed by atoms with Crippen molar-refractivity contribution in [1.82, 2.24) is 14.8 Å². The molecule has 0 atom stereocenters. The van der Waals surface area contributed by atoms with E-state index >= 15 is 0 Å². The first-order valence-corrected chi connectivity index (χ1v) is 5.53. The molecule has 94 valence electrons. The number of rotatable bonds is 5. The maximum atomic E-state index is 10.9. The number of aromatic nitrogens is 3. The van der Waals surface area contributed by atoms with Gasteiger partial charge >= 0.3 is 5.97 Å². The number of aromatic carboxylic acids is 1. The number of pyridine rings is 1. The first-order chi connectivity index (χ1) is 8.70. The highest BCUT2D eigenvalue weighted by molar-refractivity contribution is 5.86. The van der Waals surface area contributed by atoms with E-state index in [0.717, 1.165) is 6.54 Å². The van der Waals surface area contributed by atoms with Crippen LogP contribution in [0.2, 0.25) is 0 Å². The van der Waals surface area contributed by atoms with Gasteiger partial charge in [-0.1, -0.05) is 6.07 Å². The molecule has 0 unspecified atom stereocenters. The minimum Gasteiger partial charge on any atom is -0.486 e. The summed E-state index contributed by atoms with van der Waals surface area (Å²) in [6, 6.07) is 3.36. The molecule has 0 bridgehead atoms. The number of aryl methyl sites for hydroxylation is 1. The minimum absolute atomic E-state index is 0.0142. The maximum absolute atomic E-state index is 10.9. The fourth-order valence-corrected chi connectivity index (χ4v) is 1.50. The van der Waals surface area contributed by atoms with E-state index in [9.17, 15) is 4.79 Å². The second-order valence-electron chi connectivity index (χ2n) is 3.64. The molecule has 2 aromatic rings. The van der Waals surface area contributed by atoms with Gasteiger partial charge in [0.15, 0.2) is 11.4 Å². The Morgan fingerprint density at radius 1 is 1.56 bits per heavy atom. The average Bonchev–Trinajstić information content (AvgIpc) is 2.84. The number of carbonyl (C=O) groups is 1. The van der Waals surface area contributed by atoms with Gasteiger partial charge in [-0.2, -0.15) is 5.10 Å². The second-order valence-corrected chi connectivity index (χ2v) is 3.64. The van der Waals surface area contributed by atoms with E-state index in [0.29, 0.717) is 11.3 Å². The smallest absolute Gasteiger partial charge is 0.354 e. The van der Waals surface area contributed by atoms with Crippen LogP contribution in [0.3, 0.4) is 0 Å². The predicted octanol–water partition coefficient (Wildman–Crippen LogP) is 1.58. The summed E-state index contributed by atoms with van der Waals surface area (Å²) in [4.78, 5) is 14.8. The van der Waals surface area contributed by atoms with Gasteiger partial charge in [-0.3, -0.25) is 4.68 Å². The lowest BCUT2D eigenvalue weighted by molar-refractivity contribution is 0.0687. The summed E-state index contributed by atoms with van der Waals surface area (Å²) in [7, 11) is 0. The standard InChI is InChI=1S/C12H13N3O3/c1-2-15-7-10(6-14-15)18-8-9-4-3-5-13-11(9)12(16)17/h3-7H,2,8H2,1H3,(H,16,17). The van der Waals surface area contributed by atoms with Gasteiger partial charge < -0.3 is 9.84 Å². The number of ether oxygens (including phenoxy) is 1. The molecule has 0 aliphatic heterocycles. The van der Waals surface area contributed by atoms with Crippen LogP contribution in [0.5, 0.6) is 5.75 Å². The van der Waals surface area contributed by atoms with E-state index in [1.54, 1.807) is 29.2 Å². The summed E-state index contributed by atoms with van der Waals surface area (Å²) in [5.74, 6) is -0.449. The van der Waals surface area contributed by atoms with Crippen LogP contribution in [-0.2, 0) is 13.2 Å². The van der Waals surface area contributed by atoms with Crippen molar-refractivity contribution < 1.29 is 14.6 Å². The van der Waals surface area contributed by atoms with Crippen molar-refractivity contribution in [3.05, 3.63) is 42.0 Å². The van der Waals surface area contributed by atoms with Crippen molar-refractivity contribution in [3.63, 3.8) is 0 Å². The fraction of sp³-hybridized carbons (Fsp3) is 0.250. The van der Waals surface area contributed by atoms with Crippen LogP contribution in [0.15, 0.2) is 30.7 Å². The van der Waals surface area contributed by atoms with Gasteiger partial charge in [0.25, 0.3) is 0 Å². The molecule has 0 saturated heterocycles. The molecule has 18 heavy (non-hydrogen) atoms. The first kappa shape index (κ1) is 12.1. The van der Waals surface area contributed by atoms with Crippen molar-refractivity contribution in [2.75, 3.05) is 0 Å². The number of hydrogen-bond acceptors (Lipinski definition) is 4. The normalized spacial score (nSPS) is 10.3. The Kier molecular flexibility index (Phi) is 3.57. The third kappa shape index (κ3) is 2.65. The molecule has 0 radical (unpaired) electrons. The highest BCUT2D eigenvalue weighted by atomic mass is 16.5. The number of carboxylic acids is 1. The van der Waals surface area contributed by atoms with E-state index < -0.39 is 5.97 Å². The number of nitrogens with zero attached hydrogens (tertiary/aromatic N) is 3. The summed E-state index contributed by atoms with van der Waals surface area (Å²) < 4.78 is 7.21. The predicted molar refractivity (Wildman–Crippen MR) is 63.4 cm³/mol. The Balaban J connectivity index is 2.08. The lowest BCUT2D eigenvalue weighted by Crippen LogP contribution is -2.07. The van der Waals surface area contributed by atoms with Gasteiger partial charge in [0.05, 0.1) is 12.4 Å². The van der Waals surface area contributed by atoms with Gasteiger partial charge in [0.2, 0.25) is 0 Å². The van der Waals surface area contributed by atoms with Crippen LogP contribution in [-0.4, -0.2) is 25.8 Å². The summed E-state index contributed by atoms with van der Waals surface area (Å²) in [6.07, 6.45) is 4.80. The Morgan fingerprint density at radius 2 is 2.39 bits per heavy atom. The Morgan fingerprint density at radius 3 is 3.06 bits per heavy atom. The lowest BCUT2D eigenvalue weighted by atomic mass is 10.2. The van der Waals surface area contributed by atoms with Gasteiger partial charge in [0, 0.05) is 18.3 Å². The monoisotopic (exact) mass is 247 g/mol. The van der Waals surface area contributed by atoms with Crippen LogP contribution < -0.4 is 4.74 Å². The van der Waals surface area contributed by atoms with Crippen LogP contribution in [0, 0.1) is 0 Å². The van der Waals surface area contributed by atoms with Crippen molar-refractivity contribution >= 4 is 5.97 Å². The van der Waals surface area contributed by atoms with Crippen LogP contribution in [0.4, 0.5) is 0 Å². The lowest BCUT2D eigenvalue weighted by Gasteiger charge is -2.05. The summed E-state index contributed by atoms with van der Waals surface area (Å²) in [5.41, 5.74) is 0.551. The third-order valence-electron chi connectivity index (χ3n) is 2.42. The fourth-order valence-electron chi connectivity index (χ4n) is 1.50. The molecule has 2 heterocycles. The summed E-state index contributed by atoms with van der Waals surface area (Å²) in [5, 5.41) is 13.0. The average molecular weight is 247 g/mol. The number of hydrogen-bond donors (Lipinski definition) is 1. The van der Waals surface area contributed by atoms with E-state index in [2.05, 4.69) is 10.1 Å². The number of carboxylic acid groups (broad SMARTS) is 1. The quantitative estimate of drug-likeness (QED) is 0.867. The molecule has 0 aliphatic carbocycles. The zero-order valence-electron chi connectivity index (χ0n) is 9.91. The SMILES string of the molecule is CCn1cc(OCc2cccnc2C(=O)O)cn1. The molecule has 6 nitrogen and oxygen atoms in total. The van der Waals surface area contributed by atoms with E-state index in [1.165, 1.54) is 6.20 Å². The van der Waals surface area contributed by atoms with E-state index in [4.69, 9.17) is 9.84 Å². The largest absolute Gasteiger partial charge is 0.486 e.